The fourth-order valence-corrected chi connectivity index (χ4v) is 1.49. The van der Waals surface area contributed by atoms with Crippen LogP contribution in [-0.2, 0) is 9.53 Å². The van der Waals surface area contributed by atoms with E-state index in [1.807, 2.05) is 13.8 Å². The minimum Gasteiger partial charge on any atom is -0.481 e. The van der Waals surface area contributed by atoms with E-state index >= 15 is 0 Å². The standard InChI is InChI=1S/C13H20N2O3/c1-5-13(3,18-6-2)12(16)15-10-7-8-11(17-4)14-9-10/h7-9H,5-6H2,1-4H3,(H,15,16). The Balaban J connectivity index is 2.73. The molecule has 1 heterocycles. The maximum atomic E-state index is 12.1. The van der Waals surface area contributed by atoms with Crippen LogP contribution < -0.4 is 10.1 Å². The topological polar surface area (TPSA) is 60.5 Å². The first-order valence-corrected chi connectivity index (χ1v) is 6.01. The van der Waals surface area contributed by atoms with Gasteiger partial charge in [-0.1, -0.05) is 6.92 Å². The van der Waals surface area contributed by atoms with Crippen molar-refractivity contribution in [1.29, 1.82) is 0 Å². The van der Waals surface area contributed by atoms with Gasteiger partial charge in [0.2, 0.25) is 5.88 Å². The highest BCUT2D eigenvalue weighted by atomic mass is 16.5. The summed E-state index contributed by atoms with van der Waals surface area (Å²) in [4.78, 5) is 16.1. The van der Waals surface area contributed by atoms with E-state index < -0.39 is 5.60 Å². The van der Waals surface area contributed by atoms with Gasteiger partial charge < -0.3 is 14.8 Å². The minimum atomic E-state index is -0.811. The van der Waals surface area contributed by atoms with Crippen molar-refractivity contribution in [3.05, 3.63) is 18.3 Å². The van der Waals surface area contributed by atoms with Crippen molar-refractivity contribution in [3.8, 4) is 5.88 Å². The Labute approximate surface area is 108 Å². The van der Waals surface area contributed by atoms with Crippen molar-refractivity contribution in [2.24, 2.45) is 0 Å². The molecule has 1 rings (SSSR count). The molecule has 0 radical (unpaired) electrons. The molecule has 0 saturated carbocycles. The SMILES string of the molecule is CCOC(C)(CC)C(=O)Nc1ccc(OC)nc1. The Bertz CT molecular complexity index is 392. The molecule has 0 aromatic carbocycles. The lowest BCUT2D eigenvalue weighted by Gasteiger charge is -2.26. The quantitative estimate of drug-likeness (QED) is 0.843. The van der Waals surface area contributed by atoms with Gasteiger partial charge in [-0.3, -0.25) is 4.79 Å². The third kappa shape index (κ3) is 3.43. The fourth-order valence-electron chi connectivity index (χ4n) is 1.49. The number of ether oxygens (including phenoxy) is 2. The third-order valence-electron chi connectivity index (χ3n) is 2.82. The fraction of sp³-hybridized carbons (Fsp3) is 0.538. The van der Waals surface area contributed by atoms with Crippen molar-refractivity contribution in [1.82, 2.24) is 4.98 Å². The van der Waals surface area contributed by atoms with E-state index in [0.717, 1.165) is 0 Å². The summed E-state index contributed by atoms with van der Waals surface area (Å²) < 4.78 is 10.5. The van der Waals surface area contributed by atoms with Crippen LogP contribution in [0.1, 0.15) is 27.2 Å². The normalized spacial score (nSPS) is 13.8. The number of nitrogens with zero attached hydrogens (tertiary/aromatic N) is 1. The smallest absolute Gasteiger partial charge is 0.256 e. The highest BCUT2D eigenvalue weighted by Gasteiger charge is 2.31. The Morgan fingerprint density at radius 2 is 2.17 bits per heavy atom. The van der Waals surface area contributed by atoms with Gasteiger partial charge in [-0.05, 0) is 26.3 Å². The molecule has 18 heavy (non-hydrogen) atoms. The maximum Gasteiger partial charge on any atom is 0.256 e. The Morgan fingerprint density at radius 1 is 1.44 bits per heavy atom. The first-order chi connectivity index (χ1) is 8.55. The summed E-state index contributed by atoms with van der Waals surface area (Å²) in [6.07, 6.45) is 2.16. The molecule has 0 bridgehead atoms. The summed E-state index contributed by atoms with van der Waals surface area (Å²) in [6.45, 7) is 6.07. The predicted octanol–water partition coefficient (Wildman–Crippen LogP) is 2.23. The van der Waals surface area contributed by atoms with Crippen molar-refractivity contribution < 1.29 is 14.3 Å². The summed E-state index contributed by atoms with van der Waals surface area (Å²) in [6, 6.07) is 3.44. The first-order valence-electron chi connectivity index (χ1n) is 6.01. The van der Waals surface area contributed by atoms with E-state index in [1.54, 1.807) is 32.4 Å². The molecule has 0 spiro atoms. The Kier molecular flexibility index (Phi) is 5.09. The van der Waals surface area contributed by atoms with Crippen molar-refractivity contribution >= 4 is 11.6 Å². The summed E-state index contributed by atoms with van der Waals surface area (Å²) in [7, 11) is 1.55. The number of carbonyl (C=O) groups excluding carboxylic acids is 1. The predicted molar refractivity (Wildman–Crippen MR) is 69.7 cm³/mol. The largest absolute Gasteiger partial charge is 0.481 e. The van der Waals surface area contributed by atoms with E-state index in [1.165, 1.54) is 0 Å². The molecule has 100 valence electrons. The van der Waals surface area contributed by atoms with Gasteiger partial charge >= 0.3 is 0 Å². The average Bonchev–Trinajstić information content (AvgIpc) is 2.39. The van der Waals surface area contributed by atoms with Crippen LogP contribution in [-0.4, -0.2) is 30.2 Å². The molecular formula is C13H20N2O3. The van der Waals surface area contributed by atoms with E-state index in [-0.39, 0.29) is 5.91 Å². The molecule has 1 aromatic heterocycles. The van der Waals surface area contributed by atoms with Gasteiger partial charge in [-0.25, -0.2) is 4.98 Å². The highest BCUT2D eigenvalue weighted by Crippen LogP contribution is 2.19. The number of pyridine rings is 1. The summed E-state index contributed by atoms with van der Waals surface area (Å²) in [5, 5.41) is 2.79. The number of carbonyl (C=O) groups is 1. The number of hydrogen-bond acceptors (Lipinski definition) is 4. The molecule has 1 unspecified atom stereocenters. The van der Waals surface area contributed by atoms with E-state index in [4.69, 9.17) is 9.47 Å². The van der Waals surface area contributed by atoms with E-state index in [2.05, 4.69) is 10.3 Å². The number of hydrogen-bond donors (Lipinski definition) is 1. The van der Waals surface area contributed by atoms with Crippen LogP contribution in [0.3, 0.4) is 0 Å². The molecule has 0 aliphatic heterocycles. The zero-order valence-corrected chi connectivity index (χ0v) is 11.3. The van der Waals surface area contributed by atoms with E-state index in [9.17, 15) is 4.79 Å². The monoisotopic (exact) mass is 252 g/mol. The molecule has 5 heteroatoms. The summed E-state index contributed by atoms with van der Waals surface area (Å²) in [5.74, 6) is 0.342. The van der Waals surface area contributed by atoms with Crippen LogP contribution in [0.15, 0.2) is 18.3 Å². The molecule has 1 aromatic rings. The molecule has 1 atom stereocenters. The number of aromatic nitrogens is 1. The number of methoxy groups -OCH3 is 1. The molecular weight excluding hydrogens is 232 g/mol. The molecule has 1 amide bonds. The Hall–Kier alpha value is -1.62. The number of amides is 1. The summed E-state index contributed by atoms with van der Waals surface area (Å²) in [5.41, 5.74) is -0.186. The lowest BCUT2D eigenvalue weighted by Crippen LogP contribution is -2.42. The molecule has 0 aliphatic carbocycles. The van der Waals surface area contributed by atoms with Gasteiger partial charge in [-0.2, -0.15) is 0 Å². The number of anilines is 1. The van der Waals surface area contributed by atoms with Crippen LogP contribution in [0.5, 0.6) is 5.88 Å². The lowest BCUT2D eigenvalue weighted by atomic mass is 10.0. The summed E-state index contributed by atoms with van der Waals surface area (Å²) >= 11 is 0. The van der Waals surface area contributed by atoms with Gasteiger partial charge in [-0.15, -0.1) is 0 Å². The zero-order valence-electron chi connectivity index (χ0n) is 11.3. The second kappa shape index (κ2) is 6.35. The molecule has 5 nitrogen and oxygen atoms in total. The first kappa shape index (κ1) is 14.4. The van der Waals surface area contributed by atoms with Crippen LogP contribution >= 0.6 is 0 Å². The molecule has 0 fully saturated rings. The van der Waals surface area contributed by atoms with Crippen molar-refractivity contribution in [2.75, 3.05) is 19.0 Å². The average molecular weight is 252 g/mol. The second-order valence-electron chi connectivity index (χ2n) is 4.06. The van der Waals surface area contributed by atoms with Crippen molar-refractivity contribution in [2.45, 2.75) is 32.8 Å². The van der Waals surface area contributed by atoms with Crippen molar-refractivity contribution in [3.63, 3.8) is 0 Å². The number of rotatable bonds is 6. The third-order valence-corrected chi connectivity index (χ3v) is 2.82. The van der Waals surface area contributed by atoms with Crippen LogP contribution in [0.4, 0.5) is 5.69 Å². The van der Waals surface area contributed by atoms with Gasteiger partial charge in [0.1, 0.15) is 5.60 Å². The molecule has 0 saturated heterocycles. The van der Waals surface area contributed by atoms with Gasteiger partial charge in [0.15, 0.2) is 0 Å². The lowest BCUT2D eigenvalue weighted by molar-refractivity contribution is -0.139. The maximum absolute atomic E-state index is 12.1. The van der Waals surface area contributed by atoms with Crippen LogP contribution in [0.25, 0.3) is 0 Å². The van der Waals surface area contributed by atoms with Gasteiger partial charge in [0.25, 0.3) is 5.91 Å². The van der Waals surface area contributed by atoms with Crippen LogP contribution in [0.2, 0.25) is 0 Å². The zero-order chi connectivity index (χ0) is 13.6. The molecule has 0 aliphatic rings. The Morgan fingerprint density at radius 3 is 2.61 bits per heavy atom. The highest BCUT2D eigenvalue weighted by molar-refractivity contribution is 5.96. The number of nitrogens with one attached hydrogen (secondary N) is 1. The molecule has 1 N–H and O–H groups in total. The second-order valence-corrected chi connectivity index (χ2v) is 4.06. The van der Waals surface area contributed by atoms with Crippen LogP contribution in [0, 0.1) is 0 Å². The minimum absolute atomic E-state index is 0.168. The van der Waals surface area contributed by atoms with Gasteiger partial charge in [0.05, 0.1) is 19.0 Å². The van der Waals surface area contributed by atoms with E-state index in [0.29, 0.717) is 24.6 Å². The van der Waals surface area contributed by atoms with Gasteiger partial charge in [0, 0.05) is 12.7 Å².